The van der Waals surface area contributed by atoms with E-state index >= 15 is 0 Å². The van der Waals surface area contributed by atoms with Crippen molar-refractivity contribution >= 4 is 23.2 Å². The normalized spacial score (nSPS) is 13.2. The van der Waals surface area contributed by atoms with Crippen LogP contribution in [0.3, 0.4) is 0 Å². The van der Waals surface area contributed by atoms with Crippen LogP contribution in [0.5, 0.6) is 0 Å². The summed E-state index contributed by atoms with van der Waals surface area (Å²) in [7, 11) is 0. The van der Waals surface area contributed by atoms with Crippen LogP contribution in [-0.2, 0) is 0 Å². The third kappa shape index (κ3) is 2.87. The average molecular weight is 329 g/mol. The summed E-state index contributed by atoms with van der Waals surface area (Å²) in [4.78, 5) is 13.3. The molecule has 2 heterocycles. The van der Waals surface area contributed by atoms with E-state index in [1.807, 2.05) is 66.7 Å². The monoisotopic (exact) mass is 329 g/mol. The number of amidine groups is 1. The molecule has 4 rings (SSSR count). The number of hydrogen-bond donors (Lipinski definition) is 0. The lowest BCUT2D eigenvalue weighted by atomic mass is 10.1. The second kappa shape index (κ2) is 6.17. The summed E-state index contributed by atoms with van der Waals surface area (Å²) in [6.07, 6.45) is 0. The molecule has 2 aromatic carbocycles. The van der Waals surface area contributed by atoms with Crippen molar-refractivity contribution in [3.8, 4) is 22.5 Å². The molecule has 0 amide bonds. The maximum absolute atomic E-state index is 4.95. The molecule has 1 aliphatic heterocycles. The zero-order chi connectivity index (χ0) is 16.4. The topological polar surface area (TPSA) is 62.9 Å². The van der Waals surface area contributed by atoms with Gasteiger partial charge in [0.25, 0.3) is 0 Å². The SMILES string of the molecule is S=C1N=NC(c2nc(-c3ccccc3)cc(-c3ccccc3)n2)=N1. The molecule has 0 saturated carbocycles. The van der Waals surface area contributed by atoms with E-state index in [2.05, 4.69) is 25.2 Å². The van der Waals surface area contributed by atoms with E-state index in [0.29, 0.717) is 11.7 Å². The molecule has 6 heteroatoms. The van der Waals surface area contributed by atoms with Crippen LogP contribution in [0.4, 0.5) is 0 Å². The first kappa shape index (κ1) is 14.5. The molecule has 24 heavy (non-hydrogen) atoms. The minimum Gasteiger partial charge on any atom is -0.225 e. The Morgan fingerprint density at radius 3 is 1.67 bits per heavy atom. The molecule has 5 nitrogen and oxygen atoms in total. The van der Waals surface area contributed by atoms with Crippen LogP contribution < -0.4 is 0 Å². The molecule has 0 radical (unpaired) electrons. The highest BCUT2D eigenvalue weighted by molar-refractivity contribution is 7.80. The van der Waals surface area contributed by atoms with Gasteiger partial charge in [0, 0.05) is 11.1 Å². The lowest BCUT2D eigenvalue weighted by molar-refractivity contribution is 1.13. The van der Waals surface area contributed by atoms with E-state index in [1.165, 1.54) is 0 Å². The highest BCUT2D eigenvalue weighted by Gasteiger charge is 2.16. The predicted octanol–water partition coefficient (Wildman–Crippen LogP) is 4.31. The van der Waals surface area contributed by atoms with Crippen LogP contribution in [0, 0.1) is 0 Å². The van der Waals surface area contributed by atoms with Crippen molar-refractivity contribution in [1.82, 2.24) is 9.97 Å². The summed E-state index contributed by atoms with van der Waals surface area (Å²) in [5.74, 6) is 0.758. The van der Waals surface area contributed by atoms with E-state index in [4.69, 9.17) is 12.2 Å². The van der Waals surface area contributed by atoms with Gasteiger partial charge in [-0.3, -0.25) is 0 Å². The number of aliphatic imine (C=N–C) groups is 1. The molecule has 1 aromatic heterocycles. The van der Waals surface area contributed by atoms with E-state index in [0.717, 1.165) is 22.5 Å². The molecule has 0 unspecified atom stereocenters. The van der Waals surface area contributed by atoms with E-state index in [1.54, 1.807) is 0 Å². The van der Waals surface area contributed by atoms with Crippen LogP contribution in [0.25, 0.3) is 22.5 Å². The molecule has 0 spiro atoms. The van der Waals surface area contributed by atoms with Crippen molar-refractivity contribution in [3.63, 3.8) is 0 Å². The summed E-state index contributed by atoms with van der Waals surface area (Å²) in [5, 5.41) is 7.93. The van der Waals surface area contributed by atoms with Crippen LogP contribution in [-0.4, -0.2) is 20.9 Å². The molecule has 0 atom stereocenters. The Labute approximate surface area is 143 Å². The molecule has 0 N–H and O–H groups in total. The van der Waals surface area contributed by atoms with Crippen LogP contribution in [0.15, 0.2) is 82.0 Å². The molecular weight excluding hydrogens is 318 g/mol. The fourth-order valence-corrected chi connectivity index (χ4v) is 2.51. The van der Waals surface area contributed by atoms with Crippen LogP contribution in [0.2, 0.25) is 0 Å². The summed E-state index contributed by atoms with van der Waals surface area (Å²) < 4.78 is 0. The summed E-state index contributed by atoms with van der Waals surface area (Å²) in [6, 6.07) is 21.8. The Morgan fingerprint density at radius 1 is 0.667 bits per heavy atom. The van der Waals surface area contributed by atoms with Crippen molar-refractivity contribution in [3.05, 3.63) is 72.6 Å². The molecule has 114 valence electrons. The van der Waals surface area contributed by atoms with Gasteiger partial charge >= 0.3 is 0 Å². The van der Waals surface area contributed by atoms with Crippen molar-refractivity contribution in [2.75, 3.05) is 0 Å². The minimum absolute atomic E-state index is 0.194. The number of benzene rings is 2. The summed E-state index contributed by atoms with van der Waals surface area (Å²) >= 11 is 4.95. The Kier molecular flexibility index (Phi) is 3.72. The van der Waals surface area contributed by atoms with Gasteiger partial charge in [-0.05, 0) is 18.3 Å². The third-order valence-corrected chi connectivity index (χ3v) is 3.67. The van der Waals surface area contributed by atoms with Gasteiger partial charge in [0.2, 0.25) is 16.8 Å². The predicted molar refractivity (Wildman–Crippen MR) is 96.9 cm³/mol. The Balaban J connectivity index is 1.90. The van der Waals surface area contributed by atoms with Crippen molar-refractivity contribution in [1.29, 1.82) is 0 Å². The molecule has 0 saturated heterocycles. The smallest absolute Gasteiger partial charge is 0.225 e. The fourth-order valence-electron chi connectivity index (χ4n) is 2.38. The molecule has 1 aliphatic rings. The van der Waals surface area contributed by atoms with Gasteiger partial charge in [-0.15, -0.1) is 10.2 Å². The highest BCUT2D eigenvalue weighted by Crippen LogP contribution is 2.24. The van der Waals surface area contributed by atoms with Crippen molar-refractivity contribution in [2.45, 2.75) is 0 Å². The first-order valence-electron chi connectivity index (χ1n) is 7.34. The van der Waals surface area contributed by atoms with Gasteiger partial charge in [-0.1, -0.05) is 60.7 Å². The number of hydrogen-bond acceptors (Lipinski definition) is 4. The number of azo groups is 1. The van der Waals surface area contributed by atoms with Crippen molar-refractivity contribution < 1.29 is 0 Å². The maximum Gasteiger partial charge on any atom is 0.242 e. The Morgan fingerprint density at radius 2 is 1.21 bits per heavy atom. The zero-order valence-electron chi connectivity index (χ0n) is 12.5. The van der Waals surface area contributed by atoms with Gasteiger partial charge in [-0.25, -0.2) is 9.97 Å². The number of thiocarbonyl (C=S) groups is 1. The van der Waals surface area contributed by atoms with Gasteiger partial charge < -0.3 is 0 Å². The van der Waals surface area contributed by atoms with Gasteiger partial charge in [0.1, 0.15) is 0 Å². The average Bonchev–Trinajstić information content (AvgIpc) is 3.09. The summed E-state index contributed by atoms with van der Waals surface area (Å²) in [6.45, 7) is 0. The van der Waals surface area contributed by atoms with E-state index in [-0.39, 0.29) is 5.11 Å². The fraction of sp³-hybridized carbons (Fsp3) is 0. The highest BCUT2D eigenvalue weighted by atomic mass is 32.1. The standard InChI is InChI=1S/C18H11N5S/c24-18-21-17(22-23-18)16-19-14(12-7-3-1-4-8-12)11-15(20-16)13-9-5-2-6-10-13/h1-11H. The van der Waals surface area contributed by atoms with Crippen LogP contribution in [0.1, 0.15) is 5.82 Å². The van der Waals surface area contributed by atoms with Gasteiger partial charge in [0.05, 0.1) is 11.4 Å². The second-order valence-electron chi connectivity index (χ2n) is 5.11. The van der Waals surface area contributed by atoms with Gasteiger partial charge in [0.15, 0.2) is 0 Å². The molecule has 0 fully saturated rings. The lowest BCUT2D eigenvalue weighted by Crippen LogP contribution is -2.05. The van der Waals surface area contributed by atoms with Crippen molar-refractivity contribution in [2.24, 2.45) is 15.2 Å². The second-order valence-corrected chi connectivity index (χ2v) is 5.48. The molecule has 3 aromatic rings. The zero-order valence-corrected chi connectivity index (χ0v) is 13.3. The van der Waals surface area contributed by atoms with Gasteiger partial charge in [-0.2, -0.15) is 4.99 Å². The Bertz CT molecular complexity index is 907. The summed E-state index contributed by atoms with van der Waals surface area (Å²) in [5.41, 5.74) is 3.60. The largest absolute Gasteiger partial charge is 0.242 e. The maximum atomic E-state index is 4.95. The molecular formula is C18H11N5S. The number of aromatic nitrogens is 2. The lowest BCUT2D eigenvalue weighted by Gasteiger charge is -2.07. The minimum atomic E-state index is 0.194. The third-order valence-electron chi connectivity index (χ3n) is 3.50. The first-order chi connectivity index (χ1) is 11.8. The molecule has 0 bridgehead atoms. The van der Waals surface area contributed by atoms with E-state index < -0.39 is 0 Å². The van der Waals surface area contributed by atoms with E-state index in [9.17, 15) is 0 Å². The number of rotatable bonds is 3. The Hall–Kier alpha value is -3.12. The quantitative estimate of drug-likeness (QED) is 0.673. The van der Waals surface area contributed by atoms with Crippen LogP contribution >= 0.6 is 12.2 Å². The number of nitrogens with zero attached hydrogens (tertiary/aromatic N) is 5. The molecule has 0 aliphatic carbocycles. The first-order valence-corrected chi connectivity index (χ1v) is 7.75.